The highest BCUT2D eigenvalue weighted by Crippen LogP contribution is 2.45. The highest BCUT2D eigenvalue weighted by Gasteiger charge is 2.48. The third-order valence-corrected chi connectivity index (χ3v) is 7.89. The molecule has 7 nitrogen and oxygen atoms in total. The standard InChI is InChI=1S/C31H34FNO6/c32-22-15-11-19(12-16-22)5-4-8-24-27(33(31(24)38)23-6-2-1-3-7-23)21-13-9-20(10-14-21)17-25-28(35)30(37)29(36)26(18-34)39-25/h1-3,6-7,9-16,24-30,34-37H,4-5,8,17-18H2/t24-,25+,26+,27+,28-,29+,30+/m0/s1. The molecule has 0 bridgehead atoms. The van der Waals surface area contributed by atoms with Crippen molar-refractivity contribution < 1.29 is 34.3 Å². The highest BCUT2D eigenvalue weighted by atomic mass is 19.1. The van der Waals surface area contributed by atoms with Gasteiger partial charge in [-0.25, -0.2) is 4.39 Å². The molecular formula is C31H34FNO6. The van der Waals surface area contributed by atoms with Gasteiger partial charge in [0.2, 0.25) is 5.91 Å². The van der Waals surface area contributed by atoms with Gasteiger partial charge in [0.15, 0.2) is 0 Å². The minimum Gasteiger partial charge on any atom is -0.394 e. The maximum Gasteiger partial charge on any atom is 0.233 e. The second-order valence-corrected chi connectivity index (χ2v) is 10.4. The summed E-state index contributed by atoms with van der Waals surface area (Å²) in [5, 5.41) is 40.0. The van der Waals surface area contributed by atoms with E-state index in [1.165, 1.54) is 12.1 Å². The number of para-hydroxylation sites is 1. The molecular weight excluding hydrogens is 501 g/mol. The zero-order valence-electron chi connectivity index (χ0n) is 21.5. The van der Waals surface area contributed by atoms with Crippen molar-refractivity contribution in [1.82, 2.24) is 0 Å². The Morgan fingerprint density at radius 2 is 1.44 bits per heavy atom. The maximum atomic E-state index is 13.3. The Balaban J connectivity index is 1.30. The van der Waals surface area contributed by atoms with Gasteiger partial charge in [0, 0.05) is 12.1 Å². The van der Waals surface area contributed by atoms with Gasteiger partial charge in [0.1, 0.15) is 30.2 Å². The average molecular weight is 536 g/mol. The van der Waals surface area contributed by atoms with Crippen LogP contribution in [0, 0.1) is 11.7 Å². The number of hydrogen-bond acceptors (Lipinski definition) is 6. The molecule has 0 aliphatic carbocycles. The van der Waals surface area contributed by atoms with E-state index in [0.717, 1.165) is 35.2 Å². The predicted octanol–water partition coefficient (Wildman–Crippen LogP) is 2.94. The van der Waals surface area contributed by atoms with Crippen molar-refractivity contribution in [2.75, 3.05) is 11.5 Å². The van der Waals surface area contributed by atoms with Crippen LogP contribution in [0.5, 0.6) is 0 Å². The number of rotatable bonds is 9. The summed E-state index contributed by atoms with van der Waals surface area (Å²) in [6, 6.07) is 23.7. The second-order valence-electron chi connectivity index (χ2n) is 10.4. The summed E-state index contributed by atoms with van der Waals surface area (Å²) in [7, 11) is 0. The Morgan fingerprint density at radius 1 is 0.795 bits per heavy atom. The Morgan fingerprint density at radius 3 is 2.10 bits per heavy atom. The van der Waals surface area contributed by atoms with Gasteiger partial charge in [-0.05, 0) is 60.2 Å². The van der Waals surface area contributed by atoms with Crippen molar-refractivity contribution in [1.29, 1.82) is 0 Å². The minimum absolute atomic E-state index is 0.0794. The van der Waals surface area contributed by atoms with Crippen molar-refractivity contribution >= 4 is 11.6 Å². The van der Waals surface area contributed by atoms with Gasteiger partial charge in [-0.2, -0.15) is 0 Å². The van der Waals surface area contributed by atoms with Gasteiger partial charge < -0.3 is 30.1 Å². The van der Waals surface area contributed by atoms with Gasteiger partial charge in [0.25, 0.3) is 0 Å². The van der Waals surface area contributed by atoms with Crippen molar-refractivity contribution in [3.05, 3.63) is 101 Å². The fourth-order valence-electron chi connectivity index (χ4n) is 5.70. The molecule has 0 saturated carbocycles. The number of ether oxygens (including phenoxy) is 1. The molecule has 206 valence electrons. The fourth-order valence-corrected chi connectivity index (χ4v) is 5.70. The minimum atomic E-state index is -1.41. The first-order valence-corrected chi connectivity index (χ1v) is 13.4. The molecule has 2 heterocycles. The number of benzene rings is 3. The lowest BCUT2D eigenvalue weighted by Crippen LogP contribution is -2.59. The quantitative estimate of drug-likeness (QED) is 0.314. The summed E-state index contributed by atoms with van der Waals surface area (Å²) in [5.74, 6) is -0.362. The molecule has 1 amide bonds. The number of carbonyl (C=O) groups is 1. The van der Waals surface area contributed by atoms with Crippen LogP contribution in [0.1, 0.15) is 35.6 Å². The topological polar surface area (TPSA) is 110 Å². The summed E-state index contributed by atoms with van der Waals surface area (Å²) in [6.45, 7) is -0.464. The van der Waals surface area contributed by atoms with E-state index in [0.29, 0.717) is 6.42 Å². The molecule has 2 saturated heterocycles. The van der Waals surface area contributed by atoms with E-state index >= 15 is 0 Å². The highest BCUT2D eigenvalue weighted by molar-refractivity contribution is 6.03. The predicted molar refractivity (Wildman–Crippen MR) is 143 cm³/mol. The Bertz CT molecular complexity index is 1240. The van der Waals surface area contributed by atoms with E-state index < -0.39 is 37.1 Å². The van der Waals surface area contributed by atoms with E-state index in [1.54, 1.807) is 12.1 Å². The van der Waals surface area contributed by atoms with Gasteiger partial charge in [-0.3, -0.25) is 4.79 Å². The number of aliphatic hydroxyl groups is 4. The first kappa shape index (κ1) is 27.4. The molecule has 5 rings (SSSR count). The van der Waals surface area contributed by atoms with Crippen molar-refractivity contribution in [3.8, 4) is 0 Å². The molecule has 3 aromatic carbocycles. The summed E-state index contributed by atoms with van der Waals surface area (Å²) in [4.78, 5) is 15.1. The molecule has 8 heteroatoms. The molecule has 2 fully saturated rings. The zero-order valence-corrected chi connectivity index (χ0v) is 21.5. The number of aliphatic hydroxyl groups excluding tert-OH is 4. The molecule has 7 atom stereocenters. The van der Waals surface area contributed by atoms with E-state index in [1.807, 2.05) is 59.5 Å². The van der Waals surface area contributed by atoms with E-state index in [-0.39, 0.29) is 30.1 Å². The third-order valence-electron chi connectivity index (χ3n) is 7.89. The number of amides is 1. The lowest BCUT2D eigenvalue weighted by atomic mass is 9.78. The molecule has 0 radical (unpaired) electrons. The van der Waals surface area contributed by atoms with Crippen molar-refractivity contribution in [3.63, 3.8) is 0 Å². The van der Waals surface area contributed by atoms with Crippen LogP contribution in [0.25, 0.3) is 0 Å². The third kappa shape index (κ3) is 5.76. The number of β-lactam (4-membered cyclic amide) rings is 1. The number of nitrogens with zero attached hydrogens (tertiary/aromatic N) is 1. The SMILES string of the molecule is O=C1[C@@H](CCCc2ccc(F)cc2)[C@@H](c2ccc(C[C@H]3O[C@H](CO)[C@@H](O)[C@H](O)[C@H]3O)cc2)N1c1ccccc1. The van der Waals surface area contributed by atoms with Crippen molar-refractivity contribution in [2.24, 2.45) is 5.92 Å². The van der Waals surface area contributed by atoms with Crippen LogP contribution in [0.3, 0.4) is 0 Å². The number of hydrogen-bond donors (Lipinski definition) is 4. The Labute approximate surface area is 227 Å². The first-order chi connectivity index (χ1) is 18.9. The largest absolute Gasteiger partial charge is 0.394 e. The van der Waals surface area contributed by atoms with Crippen LogP contribution in [0.2, 0.25) is 0 Å². The smallest absolute Gasteiger partial charge is 0.233 e. The van der Waals surface area contributed by atoms with Crippen LogP contribution in [0.4, 0.5) is 10.1 Å². The van der Waals surface area contributed by atoms with E-state index in [2.05, 4.69) is 0 Å². The maximum absolute atomic E-state index is 13.3. The summed E-state index contributed by atoms with van der Waals surface area (Å²) >= 11 is 0. The molecule has 3 aromatic rings. The van der Waals surface area contributed by atoms with Crippen LogP contribution in [-0.4, -0.2) is 63.5 Å². The molecule has 0 spiro atoms. The van der Waals surface area contributed by atoms with Gasteiger partial charge in [-0.15, -0.1) is 0 Å². The average Bonchev–Trinajstić information content (AvgIpc) is 2.96. The lowest BCUT2D eigenvalue weighted by molar-refractivity contribution is -0.228. The number of anilines is 1. The van der Waals surface area contributed by atoms with Gasteiger partial charge in [0.05, 0.1) is 24.7 Å². The molecule has 0 unspecified atom stereocenters. The van der Waals surface area contributed by atoms with Crippen LogP contribution >= 0.6 is 0 Å². The number of aryl methyl sites for hydroxylation is 1. The van der Waals surface area contributed by atoms with Crippen LogP contribution in [0.15, 0.2) is 78.9 Å². The van der Waals surface area contributed by atoms with E-state index in [9.17, 15) is 29.6 Å². The number of halogens is 1. The molecule has 0 aromatic heterocycles. The Hall–Kier alpha value is -3.14. The van der Waals surface area contributed by atoms with E-state index in [4.69, 9.17) is 4.74 Å². The van der Waals surface area contributed by atoms with Crippen molar-refractivity contribution in [2.45, 2.75) is 62.2 Å². The molecule has 39 heavy (non-hydrogen) atoms. The monoisotopic (exact) mass is 535 g/mol. The molecule has 4 N–H and O–H groups in total. The van der Waals surface area contributed by atoms with Crippen LogP contribution < -0.4 is 4.90 Å². The summed E-state index contributed by atoms with van der Waals surface area (Å²) in [6.07, 6.45) is -3.24. The van der Waals surface area contributed by atoms with Gasteiger partial charge in [-0.1, -0.05) is 54.6 Å². The second kappa shape index (κ2) is 11.9. The zero-order chi connectivity index (χ0) is 27.5. The normalized spacial score (nSPS) is 28.8. The summed E-state index contributed by atoms with van der Waals surface area (Å²) in [5.41, 5.74) is 3.72. The lowest BCUT2D eigenvalue weighted by Gasteiger charge is -2.48. The van der Waals surface area contributed by atoms with Crippen LogP contribution in [-0.2, 0) is 22.4 Å². The molecule has 2 aliphatic rings. The fraction of sp³-hybridized carbons (Fsp3) is 0.387. The summed E-state index contributed by atoms with van der Waals surface area (Å²) < 4.78 is 18.9. The molecule has 2 aliphatic heterocycles. The Kier molecular flexibility index (Phi) is 8.40. The number of carbonyl (C=O) groups excluding carboxylic acids is 1. The van der Waals surface area contributed by atoms with Gasteiger partial charge >= 0.3 is 0 Å². The first-order valence-electron chi connectivity index (χ1n) is 13.4.